The van der Waals surface area contributed by atoms with Crippen molar-refractivity contribution in [3.63, 3.8) is 0 Å². The number of aryl methyl sites for hydroxylation is 1. The fourth-order valence-corrected chi connectivity index (χ4v) is 3.30. The van der Waals surface area contributed by atoms with Crippen molar-refractivity contribution >= 4 is 0 Å². The van der Waals surface area contributed by atoms with Crippen LogP contribution in [-0.4, -0.2) is 20.3 Å². The van der Waals surface area contributed by atoms with Crippen molar-refractivity contribution in [2.24, 2.45) is 0 Å². The van der Waals surface area contributed by atoms with E-state index in [4.69, 9.17) is 9.47 Å². The summed E-state index contributed by atoms with van der Waals surface area (Å²) < 4.78 is 11.8. The van der Waals surface area contributed by atoms with Crippen molar-refractivity contribution in [2.75, 3.05) is 20.3 Å². The molecule has 1 aliphatic rings. The summed E-state index contributed by atoms with van der Waals surface area (Å²) in [7, 11) is 1.78. The summed E-state index contributed by atoms with van der Waals surface area (Å²) in [6, 6.07) is 14.9. The van der Waals surface area contributed by atoms with Crippen LogP contribution in [0.3, 0.4) is 0 Å². The fraction of sp³-hybridized carbons (Fsp3) is 0.333. The Kier molecular flexibility index (Phi) is 3.36. The minimum absolute atomic E-state index is 0.479. The Hall–Kier alpha value is -1.64. The van der Waals surface area contributed by atoms with Gasteiger partial charge in [0.15, 0.2) is 0 Å². The van der Waals surface area contributed by atoms with Gasteiger partial charge in [-0.05, 0) is 36.1 Å². The number of rotatable bonds is 4. The van der Waals surface area contributed by atoms with Crippen molar-refractivity contribution in [1.29, 1.82) is 0 Å². The molecule has 0 N–H and O–H groups in total. The molecule has 0 bridgehead atoms. The van der Waals surface area contributed by atoms with Crippen LogP contribution in [-0.2, 0) is 15.1 Å². The van der Waals surface area contributed by atoms with Gasteiger partial charge in [0.1, 0.15) is 5.60 Å². The molecular weight excluding hydrogens is 248 g/mol. The van der Waals surface area contributed by atoms with Gasteiger partial charge in [0.25, 0.3) is 0 Å². The lowest BCUT2D eigenvalue weighted by Gasteiger charge is -2.31. The first-order valence-corrected chi connectivity index (χ1v) is 7.07. The summed E-state index contributed by atoms with van der Waals surface area (Å²) in [6.45, 7) is 5.40. The van der Waals surface area contributed by atoms with Gasteiger partial charge in [-0.15, -0.1) is 0 Å². The highest BCUT2D eigenvalue weighted by Gasteiger charge is 2.44. The number of ether oxygens (including phenoxy) is 2. The van der Waals surface area contributed by atoms with E-state index in [1.54, 1.807) is 7.11 Å². The topological polar surface area (TPSA) is 18.5 Å². The number of hydrogen-bond acceptors (Lipinski definition) is 2. The van der Waals surface area contributed by atoms with Crippen molar-refractivity contribution in [3.8, 4) is 11.1 Å². The molecule has 0 fully saturated rings. The average molecular weight is 268 g/mol. The van der Waals surface area contributed by atoms with Gasteiger partial charge in [0, 0.05) is 19.3 Å². The SMILES string of the molecule is CCOCC1(OC)c2ccccc2-c2cccc(C)c21. The van der Waals surface area contributed by atoms with E-state index in [1.165, 1.54) is 27.8 Å². The van der Waals surface area contributed by atoms with E-state index in [1.807, 2.05) is 6.92 Å². The summed E-state index contributed by atoms with van der Waals surface area (Å²) >= 11 is 0. The molecule has 0 saturated carbocycles. The van der Waals surface area contributed by atoms with Gasteiger partial charge in [-0.3, -0.25) is 0 Å². The van der Waals surface area contributed by atoms with E-state index < -0.39 is 5.60 Å². The largest absolute Gasteiger partial charge is 0.378 e. The van der Waals surface area contributed by atoms with Crippen LogP contribution < -0.4 is 0 Å². The van der Waals surface area contributed by atoms with Crippen LogP contribution in [0.1, 0.15) is 23.6 Å². The lowest BCUT2D eigenvalue weighted by Crippen LogP contribution is -2.34. The first kappa shape index (κ1) is 13.3. The maximum absolute atomic E-state index is 6.01. The molecule has 0 spiro atoms. The van der Waals surface area contributed by atoms with Gasteiger partial charge in [0.05, 0.1) is 6.61 Å². The molecule has 104 valence electrons. The second kappa shape index (κ2) is 5.04. The second-order valence-corrected chi connectivity index (χ2v) is 5.21. The number of hydrogen-bond donors (Lipinski definition) is 0. The Morgan fingerprint density at radius 1 is 1.00 bits per heavy atom. The third-order valence-corrected chi connectivity index (χ3v) is 4.19. The van der Waals surface area contributed by atoms with Crippen LogP contribution in [0, 0.1) is 6.92 Å². The van der Waals surface area contributed by atoms with Gasteiger partial charge >= 0.3 is 0 Å². The molecule has 0 amide bonds. The van der Waals surface area contributed by atoms with Crippen molar-refractivity contribution in [1.82, 2.24) is 0 Å². The highest BCUT2D eigenvalue weighted by Crippen LogP contribution is 2.50. The summed E-state index contributed by atoms with van der Waals surface area (Å²) in [5, 5.41) is 0. The molecular formula is C18H20O2. The molecule has 1 aliphatic carbocycles. The van der Waals surface area contributed by atoms with Crippen molar-refractivity contribution < 1.29 is 9.47 Å². The van der Waals surface area contributed by atoms with E-state index in [2.05, 4.69) is 49.4 Å². The molecule has 2 heteroatoms. The van der Waals surface area contributed by atoms with E-state index in [-0.39, 0.29) is 0 Å². The van der Waals surface area contributed by atoms with Gasteiger partial charge in [0.2, 0.25) is 0 Å². The zero-order valence-corrected chi connectivity index (χ0v) is 12.3. The summed E-state index contributed by atoms with van der Waals surface area (Å²) in [4.78, 5) is 0. The molecule has 2 aromatic carbocycles. The molecule has 0 radical (unpaired) electrons. The van der Waals surface area contributed by atoms with Crippen molar-refractivity contribution in [2.45, 2.75) is 19.4 Å². The Morgan fingerprint density at radius 3 is 2.50 bits per heavy atom. The lowest BCUT2D eigenvalue weighted by atomic mass is 9.89. The van der Waals surface area contributed by atoms with E-state index in [0.717, 1.165) is 0 Å². The van der Waals surface area contributed by atoms with Gasteiger partial charge in [-0.1, -0.05) is 42.5 Å². The van der Waals surface area contributed by atoms with Crippen LogP contribution >= 0.6 is 0 Å². The molecule has 0 heterocycles. The Morgan fingerprint density at radius 2 is 1.75 bits per heavy atom. The number of methoxy groups -OCH3 is 1. The minimum Gasteiger partial charge on any atom is -0.378 e. The summed E-state index contributed by atoms with van der Waals surface area (Å²) in [5.41, 5.74) is 5.75. The predicted octanol–water partition coefficient (Wildman–Crippen LogP) is 3.90. The van der Waals surface area contributed by atoms with Crippen LogP contribution in [0.15, 0.2) is 42.5 Å². The third-order valence-electron chi connectivity index (χ3n) is 4.19. The lowest BCUT2D eigenvalue weighted by molar-refractivity contribution is -0.0472. The van der Waals surface area contributed by atoms with Crippen LogP contribution in [0.4, 0.5) is 0 Å². The molecule has 2 nitrogen and oxygen atoms in total. The highest BCUT2D eigenvalue weighted by atomic mass is 16.5. The molecule has 1 unspecified atom stereocenters. The first-order valence-electron chi connectivity index (χ1n) is 7.07. The fourth-order valence-electron chi connectivity index (χ4n) is 3.30. The minimum atomic E-state index is -0.479. The normalized spacial score (nSPS) is 19.8. The smallest absolute Gasteiger partial charge is 0.142 e. The monoisotopic (exact) mass is 268 g/mol. The highest BCUT2D eigenvalue weighted by molar-refractivity contribution is 5.81. The molecule has 1 atom stereocenters. The number of benzene rings is 2. The van der Waals surface area contributed by atoms with E-state index in [9.17, 15) is 0 Å². The predicted molar refractivity (Wildman–Crippen MR) is 80.9 cm³/mol. The maximum Gasteiger partial charge on any atom is 0.142 e. The quantitative estimate of drug-likeness (QED) is 0.837. The second-order valence-electron chi connectivity index (χ2n) is 5.21. The standard InChI is InChI=1S/C18H20O2/c1-4-20-12-18(19-3)16-11-6-5-9-14(16)15-10-7-8-13(2)17(15)18/h5-11H,4,12H2,1-3H3. The summed E-state index contributed by atoms with van der Waals surface area (Å²) in [6.07, 6.45) is 0. The third kappa shape index (κ3) is 1.72. The Bertz CT molecular complexity index is 633. The van der Waals surface area contributed by atoms with Crippen LogP contribution in [0.2, 0.25) is 0 Å². The Labute approximate surface area is 120 Å². The molecule has 0 aromatic heterocycles. The average Bonchev–Trinajstić information content (AvgIpc) is 2.78. The van der Waals surface area contributed by atoms with Gasteiger partial charge in [-0.25, -0.2) is 0 Å². The molecule has 3 rings (SSSR count). The summed E-state index contributed by atoms with van der Waals surface area (Å²) in [5.74, 6) is 0. The molecule has 20 heavy (non-hydrogen) atoms. The molecule has 2 aromatic rings. The number of fused-ring (bicyclic) bond motifs is 3. The van der Waals surface area contributed by atoms with Crippen molar-refractivity contribution in [3.05, 3.63) is 59.2 Å². The molecule has 0 aliphatic heterocycles. The van der Waals surface area contributed by atoms with E-state index >= 15 is 0 Å². The zero-order valence-electron chi connectivity index (χ0n) is 12.3. The van der Waals surface area contributed by atoms with E-state index in [0.29, 0.717) is 13.2 Å². The first-order chi connectivity index (χ1) is 9.74. The van der Waals surface area contributed by atoms with Gasteiger partial charge < -0.3 is 9.47 Å². The van der Waals surface area contributed by atoms with Crippen LogP contribution in [0.5, 0.6) is 0 Å². The maximum atomic E-state index is 6.01. The van der Waals surface area contributed by atoms with Gasteiger partial charge in [-0.2, -0.15) is 0 Å². The zero-order chi connectivity index (χ0) is 14.2. The molecule has 0 saturated heterocycles. The Balaban J connectivity index is 2.29. The van der Waals surface area contributed by atoms with Crippen LogP contribution in [0.25, 0.3) is 11.1 Å².